The van der Waals surface area contributed by atoms with Crippen molar-refractivity contribution in [1.82, 2.24) is 0 Å². The minimum Gasteiger partial charge on any atom is -0.495 e. The average molecular weight is 326 g/mol. The number of carbonyl (C=O) groups is 1. The van der Waals surface area contributed by atoms with Gasteiger partial charge in [0.15, 0.2) is 0 Å². The van der Waals surface area contributed by atoms with Crippen molar-refractivity contribution in [3.05, 3.63) is 46.4 Å². The summed E-state index contributed by atoms with van der Waals surface area (Å²) in [5.74, 6) is 0.544. The Morgan fingerprint density at radius 3 is 2.24 bits per heavy atom. The number of hydrogen-bond acceptors (Lipinski definition) is 3. The molecule has 0 radical (unpaired) electrons. The van der Waals surface area contributed by atoms with E-state index in [1.807, 2.05) is 0 Å². The van der Waals surface area contributed by atoms with Crippen LogP contribution < -0.4 is 21.1 Å². The van der Waals surface area contributed by atoms with E-state index in [4.69, 9.17) is 33.7 Å². The van der Waals surface area contributed by atoms with E-state index in [9.17, 15) is 4.79 Å². The third-order valence-electron chi connectivity index (χ3n) is 2.61. The Bertz CT molecular complexity index is 657. The van der Waals surface area contributed by atoms with Crippen LogP contribution in [0, 0.1) is 0 Å². The second-order valence-electron chi connectivity index (χ2n) is 4.19. The van der Waals surface area contributed by atoms with E-state index in [1.165, 1.54) is 7.11 Å². The SMILES string of the molecule is COc1ccc(NC(=O)Nc2cc(Cl)cc(Cl)c2)cc1N. The van der Waals surface area contributed by atoms with Gasteiger partial charge in [0, 0.05) is 21.4 Å². The van der Waals surface area contributed by atoms with Gasteiger partial charge in [-0.1, -0.05) is 23.2 Å². The van der Waals surface area contributed by atoms with Gasteiger partial charge in [-0.2, -0.15) is 0 Å². The second-order valence-corrected chi connectivity index (χ2v) is 5.07. The smallest absolute Gasteiger partial charge is 0.323 e. The molecule has 0 heterocycles. The Hall–Kier alpha value is -2.11. The van der Waals surface area contributed by atoms with Crippen molar-refractivity contribution in [1.29, 1.82) is 0 Å². The number of hydrogen-bond donors (Lipinski definition) is 3. The van der Waals surface area contributed by atoms with E-state index < -0.39 is 6.03 Å². The lowest BCUT2D eigenvalue weighted by Crippen LogP contribution is -2.19. The highest BCUT2D eigenvalue weighted by Crippen LogP contribution is 2.25. The molecule has 0 bridgehead atoms. The number of urea groups is 1. The lowest BCUT2D eigenvalue weighted by Gasteiger charge is -2.10. The normalized spacial score (nSPS) is 10.0. The van der Waals surface area contributed by atoms with Crippen molar-refractivity contribution in [2.24, 2.45) is 0 Å². The van der Waals surface area contributed by atoms with Crippen molar-refractivity contribution in [3.8, 4) is 5.75 Å². The number of benzene rings is 2. The van der Waals surface area contributed by atoms with Gasteiger partial charge < -0.3 is 21.1 Å². The number of nitrogen functional groups attached to an aromatic ring is 1. The molecule has 0 aliphatic heterocycles. The van der Waals surface area contributed by atoms with Crippen LogP contribution in [0.5, 0.6) is 5.75 Å². The summed E-state index contributed by atoms with van der Waals surface area (Å²) in [6, 6.07) is 9.28. The summed E-state index contributed by atoms with van der Waals surface area (Å²) < 4.78 is 5.04. The highest BCUT2D eigenvalue weighted by atomic mass is 35.5. The first-order chi connectivity index (χ1) is 9.97. The first-order valence-corrected chi connectivity index (χ1v) is 6.71. The second kappa shape index (κ2) is 6.56. The molecule has 0 spiro atoms. The summed E-state index contributed by atoms with van der Waals surface area (Å²) in [6.45, 7) is 0. The third-order valence-corrected chi connectivity index (χ3v) is 3.04. The highest BCUT2D eigenvalue weighted by Gasteiger charge is 2.06. The lowest BCUT2D eigenvalue weighted by atomic mass is 10.2. The van der Waals surface area contributed by atoms with Crippen molar-refractivity contribution in [2.45, 2.75) is 0 Å². The zero-order valence-corrected chi connectivity index (χ0v) is 12.6. The topological polar surface area (TPSA) is 76.4 Å². The van der Waals surface area contributed by atoms with Crippen LogP contribution in [-0.4, -0.2) is 13.1 Å². The molecule has 2 amide bonds. The molecular formula is C14H13Cl2N3O2. The van der Waals surface area contributed by atoms with Crippen LogP contribution in [0.1, 0.15) is 0 Å². The number of ether oxygens (including phenoxy) is 1. The molecule has 4 N–H and O–H groups in total. The van der Waals surface area contributed by atoms with Crippen LogP contribution in [0.4, 0.5) is 21.9 Å². The molecule has 0 aromatic heterocycles. The number of nitrogens with one attached hydrogen (secondary N) is 2. The maximum atomic E-state index is 11.9. The van der Waals surface area contributed by atoms with E-state index in [0.717, 1.165) is 0 Å². The molecule has 0 atom stereocenters. The zero-order chi connectivity index (χ0) is 15.4. The van der Waals surface area contributed by atoms with E-state index >= 15 is 0 Å². The van der Waals surface area contributed by atoms with Gasteiger partial charge in [-0.05, 0) is 36.4 Å². The minimum atomic E-state index is -0.432. The molecule has 0 unspecified atom stereocenters. The molecule has 0 saturated carbocycles. The Morgan fingerprint density at radius 1 is 1.05 bits per heavy atom. The summed E-state index contributed by atoms with van der Waals surface area (Å²) in [4.78, 5) is 11.9. The molecule has 0 aliphatic rings. The largest absolute Gasteiger partial charge is 0.495 e. The van der Waals surface area contributed by atoms with E-state index in [1.54, 1.807) is 36.4 Å². The van der Waals surface area contributed by atoms with E-state index in [-0.39, 0.29) is 0 Å². The van der Waals surface area contributed by atoms with Crippen molar-refractivity contribution < 1.29 is 9.53 Å². The van der Waals surface area contributed by atoms with Crippen LogP contribution in [0.2, 0.25) is 10.0 Å². The zero-order valence-electron chi connectivity index (χ0n) is 11.1. The lowest BCUT2D eigenvalue weighted by molar-refractivity contribution is 0.262. The highest BCUT2D eigenvalue weighted by molar-refractivity contribution is 6.35. The molecule has 2 aromatic rings. The summed E-state index contributed by atoms with van der Waals surface area (Å²) in [5.41, 5.74) is 7.23. The van der Waals surface area contributed by atoms with Gasteiger partial charge >= 0.3 is 6.03 Å². The predicted octanol–water partition coefficient (Wildman–Crippen LogP) is 4.23. The summed E-state index contributed by atoms with van der Waals surface area (Å²) >= 11 is 11.7. The standard InChI is InChI=1S/C14H13Cl2N3O2/c1-21-13-3-2-10(7-12(13)17)18-14(20)19-11-5-8(15)4-9(16)6-11/h2-7H,17H2,1H3,(H2,18,19,20). The van der Waals surface area contributed by atoms with Crippen molar-refractivity contribution in [2.75, 3.05) is 23.5 Å². The Labute approximate surface area is 132 Å². The monoisotopic (exact) mass is 325 g/mol. The third kappa shape index (κ3) is 4.18. The summed E-state index contributed by atoms with van der Waals surface area (Å²) in [5, 5.41) is 6.15. The average Bonchev–Trinajstić information content (AvgIpc) is 2.37. The van der Waals surface area contributed by atoms with Gasteiger partial charge in [0.1, 0.15) is 5.75 Å². The minimum absolute atomic E-state index is 0.432. The van der Waals surface area contributed by atoms with Crippen LogP contribution in [0.15, 0.2) is 36.4 Å². The van der Waals surface area contributed by atoms with Gasteiger partial charge in [0.05, 0.1) is 12.8 Å². The molecule has 2 aromatic carbocycles. The van der Waals surface area contributed by atoms with Crippen LogP contribution in [0.3, 0.4) is 0 Å². The fourth-order valence-electron chi connectivity index (χ4n) is 1.73. The Kier molecular flexibility index (Phi) is 4.77. The van der Waals surface area contributed by atoms with Crippen LogP contribution in [-0.2, 0) is 0 Å². The van der Waals surface area contributed by atoms with Gasteiger partial charge in [-0.15, -0.1) is 0 Å². The molecule has 0 saturated heterocycles. The summed E-state index contributed by atoms with van der Waals surface area (Å²) in [6.07, 6.45) is 0. The van der Waals surface area contributed by atoms with Gasteiger partial charge in [-0.3, -0.25) is 0 Å². The first-order valence-electron chi connectivity index (χ1n) is 5.95. The summed E-state index contributed by atoms with van der Waals surface area (Å²) in [7, 11) is 1.52. The molecule has 21 heavy (non-hydrogen) atoms. The quantitative estimate of drug-likeness (QED) is 0.739. The maximum absolute atomic E-state index is 11.9. The fraction of sp³-hybridized carbons (Fsp3) is 0.0714. The molecular weight excluding hydrogens is 313 g/mol. The van der Waals surface area contributed by atoms with Gasteiger partial charge in [0.2, 0.25) is 0 Å². The number of carbonyl (C=O) groups excluding carboxylic acids is 1. The first kappa shape index (κ1) is 15.3. The molecule has 2 rings (SSSR count). The van der Waals surface area contributed by atoms with E-state index in [0.29, 0.717) is 32.9 Å². The Morgan fingerprint density at radius 2 is 1.67 bits per heavy atom. The van der Waals surface area contributed by atoms with Crippen molar-refractivity contribution in [3.63, 3.8) is 0 Å². The molecule has 0 fully saturated rings. The molecule has 5 nitrogen and oxygen atoms in total. The number of halogens is 2. The van der Waals surface area contributed by atoms with Gasteiger partial charge in [-0.25, -0.2) is 4.79 Å². The number of anilines is 3. The molecule has 0 aliphatic carbocycles. The fourth-order valence-corrected chi connectivity index (χ4v) is 2.26. The number of rotatable bonds is 3. The predicted molar refractivity (Wildman–Crippen MR) is 86.5 cm³/mol. The number of amides is 2. The van der Waals surface area contributed by atoms with E-state index in [2.05, 4.69) is 10.6 Å². The number of methoxy groups -OCH3 is 1. The maximum Gasteiger partial charge on any atom is 0.323 e. The van der Waals surface area contributed by atoms with Gasteiger partial charge in [0.25, 0.3) is 0 Å². The molecule has 110 valence electrons. The number of nitrogens with two attached hydrogens (primary N) is 1. The van der Waals surface area contributed by atoms with Crippen molar-refractivity contribution >= 4 is 46.3 Å². The molecule has 7 heteroatoms. The van der Waals surface area contributed by atoms with Crippen LogP contribution >= 0.6 is 23.2 Å². The Balaban J connectivity index is 2.06. The van der Waals surface area contributed by atoms with Crippen LogP contribution in [0.25, 0.3) is 0 Å².